The quantitative estimate of drug-likeness (QED) is 0.771. The number of Topliss-reactive ketones (excluding diaryl/α,β-unsaturated/α-hetero) is 1. The smallest absolute Gasteiger partial charge is 0.226 e. The number of rotatable bonds is 1. The Hall–Kier alpha value is -1.64. The van der Waals surface area contributed by atoms with E-state index in [0.717, 1.165) is 32.2 Å². The van der Waals surface area contributed by atoms with Gasteiger partial charge in [-0.15, -0.1) is 0 Å². The van der Waals surface area contributed by atoms with Crippen molar-refractivity contribution in [2.75, 3.05) is 13.1 Å². The third-order valence-electron chi connectivity index (χ3n) is 4.26. The van der Waals surface area contributed by atoms with E-state index in [2.05, 4.69) is 18.2 Å². The Morgan fingerprint density at radius 1 is 1.16 bits per heavy atom. The Balaban J connectivity index is 1.70. The molecule has 1 atom stereocenters. The summed E-state index contributed by atoms with van der Waals surface area (Å²) < 4.78 is 0. The second-order valence-electron chi connectivity index (χ2n) is 5.61. The third-order valence-corrected chi connectivity index (χ3v) is 4.26. The van der Waals surface area contributed by atoms with Gasteiger partial charge in [-0.25, -0.2) is 0 Å². The minimum absolute atomic E-state index is 0.0702. The van der Waals surface area contributed by atoms with E-state index in [-0.39, 0.29) is 17.6 Å². The van der Waals surface area contributed by atoms with Gasteiger partial charge in [-0.05, 0) is 36.8 Å². The summed E-state index contributed by atoms with van der Waals surface area (Å²) in [7, 11) is 0. The number of carbonyl (C=O) groups excluding carboxylic acids is 2. The molecule has 0 spiro atoms. The number of hydrogen-bond acceptors (Lipinski definition) is 2. The van der Waals surface area contributed by atoms with Crippen molar-refractivity contribution in [3.05, 3.63) is 35.4 Å². The summed E-state index contributed by atoms with van der Waals surface area (Å²) in [4.78, 5) is 25.7. The fraction of sp³-hybridized carbons (Fsp3) is 0.500. The van der Waals surface area contributed by atoms with Crippen LogP contribution in [0.3, 0.4) is 0 Å². The third kappa shape index (κ3) is 2.55. The van der Waals surface area contributed by atoms with Crippen LogP contribution in [-0.4, -0.2) is 29.7 Å². The van der Waals surface area contributed by atoms with Crippen LogP contribution < -0.4 is 0 Å². The minimum atomic E-state index is 0.0702. The first-order valence-electron chi connectivity index (χ1n) is 7.11. The molecule has 1 unspecified atom stereocenters. The van der Waals surface area contributed by atoms with Gasteiger partial charge in [0.1, 0.15) is 0 Å². The number of hydrogen-bond donors (Lipinski definition) is 0. The standard InChI is InChI=1S/C16H19NO2/c18-15-6-3-9-17(11-15)16(19)14-8-7-12-4-1-2-5-13(12)10-14/h1-2,4-5,14H,3,6-11H2. The molecule has 0 aromatic heterocycles. The number of piperidine rings is 1. The lowest BCUT2D eigenvalue weighted by Gasteiger charge is -2.32. The molecule has 1 aliphatic carbocycles. The highest BCUT2D eigenvalue weighted by atomic mass is 16.2. The van der Waals surface area contributed by atoms with Gasteiger partial charge in [0.25, 0.3) is 0 Å². The van der Waals surface area contributed by atoms with Gasteiger partial charge in [-0.3, -0.25) is 9.59 Å². The molecule has 1 aromatic carbocycles. The van der Waals surface area contributed by atoms with Crippen molar-refractivity contribution in [3.63, 3.8) is 0 Å². The summed E-state index contributed by atoms with van der Waals surface area (Å²) in [6, 6.07) is 8.37. The van der Waals surface area contributed by atoms with Gasteiger partial charge in [0.2, 0.25) is 5.91 Å². The Bertz CT molecular complexity index is 509. The van der Waals surface area contributed by atoms with Crippen molar-refractivity contribution in [2.24, 2.45) is 5.92 Å². The molecule has 0 bridgehead atoms. The molecule has 2 aliphatic rings. The van der Waals surface area contributed by atoms with Crippen LogP contribution in [0, 0.1) is 5.92 Å². The van der Waals surface area contributed by atoms with Gasteiger partial charge in [0, 0.05) is 18.9 Å². The van der Waals surface area contributed by atoms with E-state index in [1.165, 1.54) is 11.1 Å². The molecule has 100 valence electrons. The average molecular weight is 257 g/mol. The molecule has 0 saturated carbocycles. The van der Waals surface area contributed by atoms with Crippen molar-refractivity contribution in [2.45, 2.75) is 32.1 Å². The van der Waals surface area contributed by atoms with E-state index in [1.807, 2.05) is 6.07 Å². The Morgan fingerprint density at radius 3 is 2.74 bits per heavy atom. The Kier molecular flexibility index (Phi) is 3.36. The van der Waals surface area contributed by atoms with Crippen LogP contribution in [0.15, 0.2) is 24.3 Å². The highest BCUT2D eigenvalue weighted by molar-refractivity contribution is 5.88. The van der Waals surface area contributed by atoms with Crippen LogP contribution >= 0.6 is 0 Å². The Labute approximate surface area is 113 Å². The van der Waals surface area contributed by atoms with Crippen LogP contribution in [0.5, 0.6) is 0 Å². The number of aryl methyl sites for hydroxylation is 1. The fourth-order valence-electron chi connectivity index (χ4n) is 3.19. The van der Waals surface area contributed by atoms with Gasteiger partial charge in [0.05, 0.1) is 6.54 Å². The normalized spacial score (nSPS) is 23.1. The van der Waals surface area contributed by atoms with Gasteiger partial charge in [0.15, 0.2) is 5.78 Å². The molecular weight excluding hydrogens is 238 g/mol. The molecule has 3 heteroatoms. The van der Waals surface area contributed by atoms with Crippen molar-refractivity contribution in [3.8, 4) is 0 Å². The van der Waals surface area contributed by atoms with Gasteiger partial charge in [-0.2, -0.15) is 0 Å². The summed E-state index contributed by atoms with van der Waals surface area (Å²) in [5, 5.41) is 0. The van der Waals surface area contributed by atoms with E-state index in [4.69, 9.17) is 0 Å². The van der Waals surface area contributed by atoms with Crippen molar-refractivity contribution < 1.29 is 9.59 Å². The molecule has 3 rings (SSSR count). The molecule has 1 heterocycles. The van der Waals surface area contributed by atoms with Crippen molar-refractivity contribution in [1.29, 1.82) is 0 Å². The molecule has 1 saturated heterocycles. The lowest BCUT2D eigenvalue weighted by Crippen LogP contribution is -2.44. The maximum Gasteiger partial charge on any atom is 0.226 e. The molecule has 3 nitrogen and oxygen atoms in total. The maximum atomic E-state index is 12.5. The molecule has 1 aliphatic heterocycles. The number of amides is 1. The van der Waals surface area contributed by atoms with Crippen LogP contribution in [-0.2, 0) is 22.4 Å². The van der Waals surface area contributed by atoms with E-state index < -0.39 is 0 Å². The zero-order valence-corrected chi connectivity index (χ0v) is 11.1. The fourth-order valence-corrected chi connectivity index (χ4v) is 3.19. The van der Waals surface area contributed by atoms with E-state index >= 15 is 0 Å². The Morgan fingerprint density at radius 2 is 1.95 bits per heavy atom. The molecule has 1 fully saturated rings. The summed E-state index contributed by atoms with van der Waals surface area (Å²) in [5.74, 6) is 0.458. The number of likely N-dealkylation sites (tertiary alicyclic amines) is 1. The van der Waals surface area contributed by atoms with Crippen LogP contribution in [0.4, 0.5) is 0 Å². The monoisotopic (exact) mass is 257 g/mol. The first kappa shape index (κ1) is 12.4. The molecular formula is C16H19NO2. The topological polar surface area (TPSA) is 37.4 Å². The first-order valence-corrected chi connectivity index (χ1v) is 7.11. The lowest BCUT2D eigenvalue weighted by atomic mass is 9.83. The highest BCUT2D eigenvalue weighted by Crippen LogP contribution is 2.27. The number of carbonyl (C=O) groups is 2. The SMILES string of the molecule is O=C1CCCN(C(=O)C2CCc3ccccc3C2)C1. The highest BCUT2D eigenvalue weighted by Gasteiger charge is 2.30. The maximum absolute atomic E-state index is 12.5. The molecule has 1 amide bonds. The van der Waals surface area contributed by atoms with E-state index in [1.54, 1.807) is 4.90 Å². The number of fused-ring (bicyclic) bond motifs is 1. The lowest BCUT2D eigenvalue weighted by molar-refractivity contribution is -0.141. The zero-order chi connectivity index (χ0) is 13.2. The largest absolute Gasteiger partial charge is 0.335 e. The number of nitrogens with zero attached hydrogens (tertiary/aromatic N) is 1. The summed E-state index contributed by atoms with van der Waals surface area (Å²) in [5.41, 5.74) is 2.68. The van der Waals surface area contributed by atoms with E-state index in [0.29, 0.717) is 13.0 Å². The predicted octanol–water partition coefficient (Wildman–Crippen LogP) is 1.98. The average Bonchev–Trinajstić information content (AvgIpc) is 2.46. The summed E-state index contributed by atoms with van der Waals surface area (Å²) in [6.45, 7) is 1.08. The molecule has 0 N–H and O–H groups in total. The number of ketones is 1. The summed E-state index contributed by atoms with van der Waals surface area (Å²) >= 11 is 0. The molecule has 0 radical (unpaired) electrons. The first-order chi connectivity index (χ1) is 9.24. The van der Waals surface area contributed by atoms with E-state index in [9.17, 15) is 9.59 Å². The number of benzene rings is 1. The van der Waals surface area contributed by atoms with Crippen LogP contribution in [0.25, 0.3) is 0 Å². The second-order valence-corrected chi connectivity index (χ2v) is 5.61. The zero-order valence-electron chi connectivity index (χ0n) is 11.1. The van der Waals surface area contributed by atoms with Crippen molar-refractivity contribution in [1.82, 2.24) is 4.90 Å². The van der Waals surface area contributed by atoms with Gasteiger partial charge >= 0.3 is 0 Å². The van der Waals surface area contributed by atoms with Gasteiger partial charge in [-0.1, -0.05) is 24.3 Å². The van der Waals surface area contributed by atoms with Crippen molar-refractivity contribution >= 4 is 11.7 Å². The molecule has 1 aromatic rings. The molecule has 19 heavy (non-hydrogen) atoms. The predicted molar refractivity (Wildman–Crippen MR) is 72.8 cm³/mol. The minimum Gasteiger partial charge on any atom is -0.335 e. The van der Waals surface area contributed by atoms with Crippen LogP contribution in [0.2, 0.25) is 0 Å². The summed E-state index contributed by atoms with van der Waals surface area (Å²) in [6.07, 6.45) is 4.19. The second kappa shape index (κ2) is 5.16. The van der Waals surface area contributed by atoms with Crippen LogP contribution in [0.1, 0.15) is 30.4 Å². The van der Waals surface area contributed by atoms with Gasteiger partial charge < -0.3 is 4.90 Å².